The van der Waals surface area contributed by atoms with Crippen LogP contribution in [0.3, 0.4) is 0 Å². The Hall–Kier alpha value is -3.45. The first-order chi connectivity index (χ1) is 18.3. The van der Waals surface area contributed by atoms with Gasteiger partial charge in [0.15, 0.2) is 0 Å². The van der Waals surface area contributed by atoms with Crippen LogP contribution in [0.1, 0.15) is 71.4 Å². The largest absolute Gasteiger partial charge is 0.388 e. The van der Waals surface area contributed by atoms with Crippen LogP contribution >= 0.6 is 0 Å². The lowest BCUT2D eigenvalue weighted by molar-refractivity contribution is 0.0952. The van der Waals surface area contributed by atoms with Gasteiger partial charge in [-0.05, 0) is 92.6 Å². The summed E-state index contributed by atoms with van der Waals surface area (Å²) in [5.74, 6) is 0.608. The second-order valence-electron chi connectivity index (χ2n) is 10.0. The first-order valence-corrected chi connectivity index (χ1v) is 13.8. The van der Waals surface area contributed by atoms with Crippen LogP contribution in [0.5, 0.6) is 0 Å². The minimum absolute atomic E-state index is 0.0246. The Kier molecular flexibility index (Phi) is 11.1. The predicted molar refractivity (Wildman–Crippen MR) is 159 cm³/mol. The molecule has 1 unspecified atom stereocenters. The molecule has 0 fully saturated rings. The fraction of sp³-hybridized carbons (Fsp3) is 0.452. The number of carbonyl (C=O) groups is 1. The summed E-state index contributed by atoms with van der Waals surface area (Å²) in [6, 6.07) is 12.5. The Morgan fingerprint density at radius 1 is 0.974 bits per heavy atom. The van der Waals surface area contributed by atoms with Crippen LogP contribution in [0.25, 0.3) is 0 Å². The summed E-state index contributed by atoms with van der Waals surface area (Å²) in [5, 5.41) is 13.3. The molecule has 0 bridgehead atoms. The standard InChI is InChI=1S/C31H44N6O/c1-7-9-26(12-14-34-30(38)25-10-11-28(32-6)23(5)19-25)33-15-13-29-24(8-2)20-35-31(37-29)36-27-17-21(3)16-22(4)18-27/h10-11,16-20,26,32-33H,7-9,12-15H2,1-6H3,(H,34,38)(H,35,36,37). The van der Waals surface area contributed by atoms with Crippen LogP contribution in [0.15, 0.2) is 42.6 Å². The van der Waals surface area contributed by atoms with Crippen molar-refractivity contribution in [3.8, 4) is 0 Å². The van der Waals surface area contributed by atoms with Crippen LogP contribution in [0.2, 0.25) is 0 Å². The van der Waals surface area contributed by atoms with E-state index < -0.39 is 0 Å². The lowest BCUT2D eigenvalue weighted by Crippen LogP contribution is -2.35. The highest BCUT2D eigenvalue weighted by Gasteiger charge is 2.12. The number of hydrogen-bond acceptors (Lipinski definition) is 6. The molecule has 0 radical (unpaired) electrons. The van der Waals surface area contributed by atoms with E-state index in [9.17, 15) is 4.79 Å². The summed E-state index contributed by atoms with van der Waals surface area (Å²) in [6.07, 6.45) is 6.72. The number of anilines is 3. The van der Waals surface area contributed by atoms with Crippen molar-refractivity contribution in [2.24, 2.45) is 0 Å². The van der Waals surface area contributed by atoms with Crippen LogP contribution < -0.4 is 21.3 Å². The Labute approximate surface area is 228 Å². The van der Waals surface area contributed by atoms with Gasteiger partial charge in [0.1, 0.15) is 0 Å². The molecule has 0 spiro atoms. The van der Waals surface area contributed by atoms with Crippen LogP contribution in [-0.4, -0.2) is 42.1 Å². The molecule has 3 aromatic rings. The Morgan fingerprint density at radius 2 is 1.74 bits per heavy atom. The molecule has 204 valence electrons. The van der Waals surface area contributed by atoms with Gasteiger partial charge >= 0.3 is 0 Å². The third kappa shape index (κ3) is 8.55. The summed E-state index contributed by atoms with van der Waals surface area (Å²) in [7, 11) is 1.89. The van der Waals surface area contributed by atoms with E-state index >= 15 is 0 Å². The molecule has 1 atom stereocenters. The van der Waals surface area contributed by atoms with E-state index in [1.807, 2.05) is 38.4 Å². The van der Waals surface area contributed by atoms with E-state index in [0.29, 0.717) is 24.1 Å². The first kappa shape index (κ1) is 29.1. The number of benzene rings is 2. The van der Waals surface area contributed by atoms with Gasteiger partial charge in [-0.15, -0.1) is 0 Å². The summed E-state index contributed by atoms with van der Waals surface area (Å²) in [5.41, 5.74) is 8.48. The normalized spacial score (nSPS) is 11.7. The molecule has 0 aliphatic rings. The second-order valence-corrected chi connectivity index (χ2v) is 10.0. The van der Waals surface area contributed by atoms with E-state index in [2.05, 4.69) is 72.1 Å². The van der Waals surface area contributed by atoms with E-state index in [1.165, 1.54) is 16.7 Å². The average Bonchev–Trinajstić information content (AvgIpc) is 2.88. The SMILES string of the molecule is CCCC(CCNC(=O)c1ccc(NC)c(C)c1)NCCc1nc(Nc2cc(C)cc(C)c2)ncc1CC. The van der Waals surface area contributed by atoms with Gasteiger partial charge < -0.3 is 21.3 Å². The van der Waals surface area contributed by atoms with Gasteiger partial charge in [0.05, 0.1) is 5.69 Å². The number of carbonyl (C=O) groups excluding carboxylic acids is 1. The summed E-state index contributed by atoms with van der Waals surface area (Å²) in [4.78, 5) is 22.0. The molecular weight excluding hydrogens is 472 g/mol. The number of aromatic nitrogens is 2. The van der Waals surface area contributed by atoms with Crippen LogP contribution in [-0.2, 0) is 12.8 Å². The lowest BCUT2D eigenvalue weighted by atomic mass is 10.1. The lowest BCUT2D eigenvalue weighted by Gasteiger charge is -2.19. The molecule has 7 heteroatoms. The van der Waals surface area contributed by atoms with E-state index in [1.54, 1.807) is 0 Å². The minimum Gasteiger partial charge on any atom is -0.388 e. The van der Waals surface area contributed by atoms with Crippen molar-refractivity contribution >= 4 is 23.2 Å². The zero-order chi connectivity index (χ0) is 27.5. The van der Waals surface area contributed by atoms with Gasteiger partial charge in [-0.25, -0.2) is 9.97 Å². The maximum atomic E-state index is 12.6. The molecule has 1 heterocycles. The number of amides is 1. The maximum Gasteiger partial charge on any atom is 0.251 e. The zero-order valence-electron chi connectivity index (χ0n) is 23.9. The molecular formula is C31H44N6O. The Morgan fingerprint density at radius 3 is 2.39 bits per heavy atom. The third-order valence-corrected chi connectivity index (χ3v) is 6.78. The summed E-state index contributed by atoms with van der Waals surface area (Å²) >= 11 is 0. The van der Waals surface area contributed by atoms with Gasteiger partial charge in [-0.1, -0.05) is 26.3 Å². The van der Waals surface area contributed by atoms with Gasteiger partial charge in [0, 0.05) is 55.7 Å². The number of nitrogens with zero attached hydrogens (tertiary/aromatic N) is 2. The number of rotatable bonds is 14. The van der Waals surface area contributed by atoms with Crippen molar-refractivity contribution in [2.75, 3.05) is 30.8 Å². The van der Waals surface area contributed by atoms with E-state index in [4.69, 9.17) is 4.98 Å². The Bertz CT molecular complexity index is 1190. The highest BCUT2D eigenvalue weighted by atomic mass is 16.1. The molecule has 1 amide bonds. The maximum absolute atomic E-state index is 12.6. The molecule has 3 rings (SSSR count). The highest BCUT2D eigenvalue weighted by molar-refractivity contribution is 5.94. The fourth-order valence-electron chi connectivity index (χ4n) is 4.83. The smallest absolute Gasteiger partial charge is 0.251 e. The number of nitrogens with one attached hydrogen (secondary N) is 4. The second kappa shape index (κ2) is 14.5. The molecule has 1 aromatic heterocycles. The van der Waals surface area contributed by atoms with Gasteiger partial charge in [0.2, 0.25) is 5.95 Å². The first-order valence-electron chi connectivity index (χ1n) is 13.8. The van der Waals surface area contributed by atoms with Crippen molar-refractivity contribution in [1.29, 1.82) is 0 Å². The Balaban J connectivity index is 1.54. The summed E-state index contributed by atoms with van der Waals surface area (Å²) in [6.45, 7) is 12.0. The molecule has 0 saturated heterocycles. The number of hydrogen-bond donors (Lipinski definition) is 4. The highest BCUT2D eigenvalue weighted by Crippen LogP contribution is 2.19. The van der Waals surface area contributed by atoms with Crippen molar-refractivity contribution < 1.29 is 4.79 Å². The molecule has 2 aromatic carbocycles. The molecule has 4 N–H and O–H groups in total. The third-order valence-electron chi connectivity index (χ3n) is 6.78. The molecule has 0 aliphatic heterocycles. The fourth-order valence-corrected chi connectivity index (χ4v) is 4.83. The molecule has 0 saturated carbocycles. The van der Waals surface area contributed by atoms with Crippen LogP contribution in [0, 0.1) is 20.8 Å². The van der Waals surface area contributed by atoms with E-state index in [0.717, 1.165) is 61.3 Å². The molecule has 0 aliphatic carbocycles. The zero-order valence-corrected chi connectivity index (χ0v) is 23.9. The average molecular weight is 517 g/mol. The molecule has 38 heavy (non-hydrogen) atoms. The quantitative estimate of drug-likeness (QED) is 0.214. The number of aryl methyl sites for hydroxylation is 4. The van der Waals surface area contributed by atoms with Crippen molar-refractivity contribution in [2.45, 2.75) is 72.8 Å². The van der Waals surface area contributed by atoms with Gasteiger partial charge in [-0.3, -0.25) is 4.79 Å². The monoisotopic (exact) mass is 516 g/mol. The summed E-state index contributed by atoms with van der Waals surface area (Å²) < 4.78 is 0. The van der Waals surface area contributed by atoms with Crippen molar-refractivity contribution in [1.82, 2.24) is 20.6 Å². The van der Waals surface area contributed by atoms with Gasteiger partial charge in [0.25, 0.3) is 5.91 Å². The van der Waals surface area contributed by atoms with Crippen molar-refractivity contribution in [3.05, 3.63) is 76.1 Å². The molecule has 7 nitrogen and oxygen atoms in total. The predicted octanol–water partition coefficient (Wildman–Crippen LogP) is 5.87. The van der Waals surface area contributed by atoms with Crippen molar-refractivity contribution in [3.63, 3.8) is 0 Å². The van der Waals surface area contributed by atoms with Gasteiger partial charge in [-0.2, -0.15) is 0 Å². The van der Waals surface area contributed by atoms with E-state index in [-0.39, 0.29) is 5.91 Å². The van der Waals surface area contributed by atoms with Crippen LogP contribution in [0.4, 0.5) is 17.3 Å². The minimum atomic E-state index is -0.0246. The topological polar surface area (TPSA) is 91.0 Å².